The van der Waals surface area contributed by atoms with E-state index in [1.807, 2.05) is 11.3 Å². The molecule has 2 saturated heterocycles. The van der Waals surface area contributed by atoms with Crippen LogP contribution in [0.2, 0.25) is 0 Å². The van der Waals surface area contributed by atoms with E-state index in [-0.39, 0.29) is 0 Å². The molecule has 0 amide bonds. The van der Waals surface area contributed by atoms with E-state index in [0.717, 1.165) is 39.3 Å². The summed E-state index contributed by atoms with van der Waals surface area (Å²) in [5, 5.41) is 1.22. The lowest BCUT2D eigenvalue weighted by atomic mass is 10.0. The predicted molar refractivity (Wildman–Crippen MR) is 91.5 cm³/mol. The van der Waals surface area contributed by atoms with E-state index in [1.54, 1.807) is 0 Å². The van der Waals surface area contributed by atoms with E-state index >= 15 is 0 Å². The minimum absolute atomic E-state index is 0.707. The maximum Gasteiger partial charge on any atom is 0.0900 e. The number of thiazole rings is 1. The predicted octanol–water partition coefficient (Wildman–Crippen LogP) is 2.70. The summed E-state index contributed by atoms with van der Waals surface area (Å²) in [5.74, 6) is 0. The Morgan fingerprint density at radius 3 is 2.82 bits per heavy atom. The quantitative estimate of drug-likeness (QED) is 0.833. The van der Waals surface area contributed by atoms with E-state index in [1.165, 1.54) is 47.9 Å². The average Bonchev–Trinajstić information content (AvgIpc) is 2.90. The van der Waals surface area contributed by atoms with Gasteiger partial charge in [-0.05, 0) is 32.7 Å². The Labute approximate surface area is 138 Å². The van der Waals surface area contributed by atoms with Crippen LogP contribution in [0.15, 0.2) is 0 Å². The Morgan fingerprint density at radius 1 is 1.23 bits per heavy atom. The Kier molecular flexibility index (Phi) is 5.85. The number of nitrogens with zero attached hydrogens (tertiary/aromatic N) is 3. The summed E-state index contributed by atoms with van der Waals surface area (Å²) in [7, 11) is 0. The second-order valence-corrected chi connectivity index (χ2v) is 7.78. The van der Waals surface area contributed by atoms with Crippen LogP contribution >= 0.6 is 11.3 Å². The molecule has 1 aromatic heterocycles. The van der Waals surface area contributed by atoms with Crippen molar-refractivity contribution in [2.24, 2.45) is 0 Å². The number of piperidine rings is 1. The van der Waals surface area contributed by atoms with Crippen LogP contribution in [0.25, 0.3) is 0 Å². The van der Waals surface area contributed by atoms with Gasteiger partial charge in [0.25, 0.3) is 0 Å². The first-order valence-electron chi connectivity index (χ1n) is 8.75. The van der Waals surface area contributed by atoms with Crippen LogP contribution in [0.4, 0.5) is 0 Å². The van der Waals surface area contributed by atoms with Crippen LogP contribution in [0.3, 0.4) is 0 Å². The molecule has 0 saturated carbocycles. The normalized spacial score (nSPS) is 24.7. The van der Waals surface area contributed by atoms with Crippen LogP contribution in [0.5, 0.6) is 0 Å². The fourth-order valence-corrected chi connectivity index (χ4v) is 4.70. The van der Waals surface area contributed by atoms with Gasteiger partial charge in [0.2, 0.25) is 0 Å². The third-order valence-corrected chi connectivity index (χ3v) is 5.89. The molecular weight excluding hydrogens is 294 g/mol. The van der Waals surface area contributed by atoms with Crippen molar-refractivity contribution in [3.8, 4) is 0 Å². The molecule has 0 spiro atoms. The summed E-state index contributed by atoms with van der Waals surface area (Å²) in [6.45, 7) is 11.9. The van der Waals surface area contributed by atoms with E-state index in [4.69, 9.17) is 9.72 Å². The van der Waals surface area contributed by atoms with Crippen molar-refractivity contribution in [1.29, 1.82) is 0 Å². The molecule has 1 aromatic rings. The number of aromatic nitrogens is 1. The number of morpholine rings is 1. The van der Waals surface area contributed by atoms with E-state index in [0.29, 0.717) is 6.04 Å². The van der Waals surface area contributed by atoms with Crippen molar-refractivity contribution in [2.45, 2.75) is 52.1 Å². The molecule has 0 N–H and O–H groups in total. The highest BCUT2D eigenvalue weighted by molar-refractivity contribution is 7.11. The topological polar surface area (TPSA) is 28.6 Å². The summed E-state index contributed by atoms with van der Waals surface area (Å²) in [6.07, 6.45) is 5.13. The zero-order valence-corrected chi connectivity index (χ0v) is 14.8. The summed E-state index contributed by atoms with van der Waals surface area (Å²) < 4.78 is 5.48. The molecule has 0 bridgehead atoms. The molecule has 3 rings (SSSR count). The Hall–Kier alpha value is -0.490. The smallest absolute Gasteiger partial charge is 0.0900 e. The monoisotopic (exact) mass is 323 g/mol. The molecule has 2 fully saturated rings. The fraction of sp³-hybridized carbons (Fsp3) is 0.824. The van der Waals surface area contributed by atoms with Crippen LogP contribution in [-0.2, 0) is 17.7 Å². The summed E-state index contributed by atoms with van der Waals surface area (Å²) in [4.78, 5) is 11.5. The van der Waals surface area contributed by atoms with Crippen LogP contribution < -0.4 is 0 Å². The first-order chi connectivity index (χ1) is 10.8. The standard InChI is InChI=1S/C17H29N3OS/c1-3-16-17(22-14(2)18-16)13-20-7-5-4-6-15(20)12-19-8-10-21-11-9-19/h15H,3-13H2,1-2H3/t15-/m0/s1. The molecular formula is C17H29N3OS. The zero-order chi connectivity index (χ0) is 15.4. The molecule has 0 unspecified atom stereocenters. The highest BCUT2D eigenvalue weighted by atomic mass is 32.1. The van der Waals surface area contributed by atoms with Gasteiger partial charge in [0.1, 0.15) is 0 Å². The van der Waals surface area contributed by atoms with Gasteiger partial charge in [0.15, 0.2) is 0 Å². The first-order valence-corrected chi connectivity index (χ1v) is 9.57. The van der Waals surface area contributed by atoms with Gasteiger partial charge in [-0.2, -0.15) is 0 Å². The number of likely N-dealkylation sites (tertiary alicyclic amines) is 1. The Balaban J connectivity index is 1.63. The van der Waals surface area contributed by atoms with Crippen molar-refractivity contribution >= 4 is 11.3 Å². The van der Waals surface area contributed by atoms with E-state index in [9.17, 15) is 0 Å². The van der Waals surface area contributed by atoms with Gasteiger partial charge in [-0.1, -0.05) is 13.3 Å². The molecule has 124 valence electrons. The Morgan fingerprint density at radius 2 is 2.05 bits per heavy atom. The largest absolute Gasteiger partial charge is 0.379 e. The third-order valence-electron chi connectivity index (χ3n) is 4.89. The van der Waals surface area contributed by atoms with Gasteiger partial charge in [-0.25, -0.2) is 4.98 Å². The van der Waals surface area contributed by atoms with Crippen molar-refractivity contribution < 1.29 is 4.74 Å². The summed E-state index contributed by atoms with van der Waals surface area (Å²) >= 11 is 1.89. The molecule has 3 heterocycles. The van der Waals surface area contributed by atoms with Crippen molar-refractivity contribution in [1.82, 2.24) is 14.8 Å². The lowest BCUT2D eigenvalue weighted by Gasteiger charge is -2.39. The highest BCUT2D eigenvalue weighted by Gasteiger charge is 2.26. The second kappa shape index (κ2) is 7.86. The number of hydrogen-bond donors (Lipinski definition) is 0. The molecule has 2 aliphatic heterocycles. The van der Waals surface area contributed by atoms with Gasteiger partial charge in [-0.3, -0.25) is 9.80 Å². The highest BCUT2D eigenvalue weighted by Crippen LogP contribution is 2.25. The van der Waals surface area contributed by atoms with Crippen LogP contribution in [-0.4, -0.2) is 60.2 Å². The lowest BCUT2D eigenvalue weighted by Crippen LogP contribution is -2.49. The van der Waals surface area contributed by atoms with Gasteiger partial charge < -0.3 is 4.74 Å². The van der Waals surface area contributed by atoms with Crippen LogP contribution in [0.1, 0.15) is 41.8 Å². The molecule has 1 atom stereocenters. The summed E-state index contributed by atoms with van der Waals surface area (Å²) in [6, 6.07) is 0.707. The average molecular weight is 324 g/mol. The molecule has 0 radical (unpaired) electrons. The molecule has 4 nitrogen and oxygen atoms in total. The van der Waals surface area contributed by atoms with Crippen molar-refractivity contribution in [3.05, 3.63) is 15.6 Å². The number of ether oxygens (including phenoxy) is 1. The minimum Gasteiger partial charge on any atom is -0.379 e. The molecule has 0 aliphatic carbocycles. The van der Waals surface area contributed by atoms with Gasteiger partial charge in [-0.15, -0.1) is 11.3 Å². The zero-order valence-electron chi connectivity index (χ0n) is 14.0. The van der Waals surface area contributed by atoms with Crippen molar-refractivity contribution in [2.75, 3.05) is 39.4 Å². The third kappa shape index (κ3) is 4.07. The number of hydrogen-bond acceptors (Lipinski definition) is 5. The van der Waals surface area contributed by atoms with Crippen molar-refractivity contribution in [3.63, 3.8) is 0 Å². The molecule has 22 heavy (non-hydrogen) atoms. The van der Waals surface area contributed by atoms with Gasteiger partial charge >= 0.3 is 0 Å². The lowest BCUT2D eigenvalue weighted by molar-refractivity contribution is 0.0154. The summed E-state index contributed by atoms with van der Waals surface area (Å²) in [5.41, 5.74) is 1.32. The number of aryl methyl sites for hydroxylation is 2. The van der Waals surface area contributed by atoms with Crippen LogP contribution in [0, 0.1) is 6.92 Å². The minimum atomic E-state index is 0.707. The first kappa shape index (κ1) is 16.4. The Bertz CT molecular complexity index is 470. The number of rotatable bonds is 5. The van der Waals surface area contributed by atoms with E-state index in [2.05, 4.69) is 23.6 Å². The fourth-order valence-electron chi connectivity index (χ4n) is 3.65. The maximum atomic E-state index is 5.48. The van der Waals surface area contributed by atoms with Gasteiger partial charge in [0, 0.05) is 37.1 Å². The SMILES string of the molecule is CCc1nc(C)sc1CN1CCCC[C@H]1CN1CCOCC1. The maximum absolute atomic E-state index is 5.48. The van der Waals surface area contributed by atoms with Gasteiger partial charge in [0.05, 0.1) is 23.9 Å². The molecule has 0 aromatic carbocycles. The second-order valence-electron chi connectivity index (χ2n) is 6.49. The molecule has 5 heteroatoms. The van der Waals surface area contributed by atoms with E-state index < -0.39 is 0 Å². The molecule has 2 aliphatic rings.